The van der Waals surface area contributed by atoms with Gasteiger partial charge in [0.1, 0.15) is 0 Å². The van der Waals surface area contributed by atoms with Gasteiger partial charge in [0.05, 0.1) is 12.4 Å². The van der Waals surface area contributed by atoms with Crippen LogP contribution in [0.2, 0.25) is 0 Å². The number of hydrogen-bond donors (Lipinski definition) is 1. The van der Waals surface area contributed by atoms with E-state index in [4.69, 9.17) is 4.74 Å². The number of ether oxygens (including phenoxy) is 1. The second kappa shape index (κ2) is 8.64. The van der Waals surface area contributed by atoms with E-state index in [1.165, 1.54) is 23.1 Å². The first-order valence-electron chi connectivity index (χ1n) is 7.84. The fourth-order valence-electron chi connectivity index (χ4n) is 2.66. The predicted molar refractivity (Wildman–Crippen MR) is 99.6 cm³/mol. The highest BCUT2D eigenvalue weighted by molar-refractivity contribution is 8.01. The maximum absolute atomic E-state index is 12.5. The summed E-state index contributed by atoms with van der Waals surface area (Å²) in [5, 5.41) is 12.1. The van der Waals surface area contributed by atoms with Crippen molar-refractivity contribution in [2.45, 2.75) is 38.1 Å². The number of anilines is 1. The van der Waals surface area contributed by atoms with Crippen LogP contribution in [0.5, 0.6) is 0 Å². The smallest absolute Gasteiger partial charge is 0.206 e. The second-order valence-electron chi connectivity index (χ2n) is 5.75. The van der Waals surface area contributed by atoms with Crippen molar-refractivity contribution < 1.29 is 9.53 Å². The van der Waals surface area contributed by atoms with E-state index in [1.807, 2.05) is 19.9 Å². The van der Waals surface area contributed by atoms with Gasteiger partial charge in [0.2, 0.25) is 5.13 Å². The number of hydrogen-bond acceptors (Lipinski definition) is 7. The standard InChI is InChI=1S/C16H24N4O2S2/c1-10(2)20-11(3)8-13(12(20)4)14(21)9-23-16-19-18-15(24-16)17-6-7-22-5/h8,10H,6-7,9H2,1-5H3,(H,17,18). The Labute approximate surface area is 151 Å². The molecule has 0 radical (unpaired) electrons. The van der Waals surface area contributed by atoms with Crippen molar-refractivity contribution in [2.24, 2.45) is 0 Å². The van der Waals surface area contributed by atoms with Crippen molar-refractivity contribution in [3.8, 4) is 0 Å². The molecule has 2 aromatic heterocycles. The normalized spacial score (nSPS) is 11.2. The van der Waals surface area contributed by atoms with Gasteiger partial charge in [-0.05, 0) is 33.8 Å². The lowest BCUT2D eigenvalue weighted by atomic mass is 10.2. The number of methoxy groups -OCH3 is 1. The van der Waals surface area contributed by atoms with Gasteiger partial charge in [0.15, 0.2) is 10.1 Å². The maximum Gasteiger partial charge on any atom is 0.206 e. The van der Waals surface area contributed by atoms with Gasteiger partial charge in [-0.3, -0.25) is 4.79 Å². The average Bonchev–Trinajstić information content (AvgIpc) is 3.09. The molecule has 0 aromatic carbocycles. The Morgan fingerprint density at radius 1 is 1.42 bits per heavy atom. The van der Waals surface area contributed by atoms with Crippen molar-refractivity contribution >= 4 is 34.0 Å². The van der Waals surface area contributed by atoms with Gasteiger partial charge in [-0.15, -0.1) is 10.2 Å². The van der Waals surface area contributed by atoms with Crippen molar-refractivity contribution in [1.82, 2.24) is 14.8 Å². The number of nitrogens with one attached hydrogen (secondary N) is 1. The summed E-state index contributed by atoms with van der Waals surface area (Å²) in [6.07, 6.45) is 0. The van der Waals surface area contributed by atoms with Crippen molar-refractivity contribution in [3.63, 3.8) is 0 Å². The number of nitrogens with zero attached hydrogens (tertiary/aromatic N) is 3. The topological polar surface area (TPSA) is 69.0 Å². The third-order valence-electron chi connectivity index (χ3n) is 3.62. The van der Waals surface area contributed by atoms with Gasteiger partial charge >= 0.3 is 0 Å². The zero-order chi connectivity index (χ0) is 17.7. The van der Waals surface area contributed by atoms with Crippen molar-refractivity contribution in [3.05, 3.63) is 23.0 Å². The third-order valence-corrected chi connectivity index (χ3v) is 5.63. The van der Waals surface area contributed by atoms with E-state index in [9.17, 15) is 4.79 Å². The van der Waals surface area contributed by atoms with E-state index in [-0.39, 0.29) is 5.78 Å². The van der Waals surface area contributed by atoms with Crippen LogP contribution < -0.4 is 5.32 Å². The molecule has 132 valence electrons. The predicted octanol–water partition coefficient (Wildman–Crippen LogP) is 3.57. The maximum atomic E-state index is 12.5. The summed E-state index contributed by atoms with van der Waals surface area (Å²) < 4.78 is 7.97. The SMILES string of the molecule is COCCNc1nnc(SCC(=O)c2cc(C)n(C(C)C)c2C)s1. The van der Waals surface area contributed by atoms with Crippen LogP contribution in [0.15, 0.2) is 10.4 Å². The van der Waals surface area contributed by atoms with Crippen molar-refractivity contribution in [2.75, 3.05) is 31.3 Å². The van der Waals surface area contributed by atoms with Crippen LogP contribution in [-0.2, 0) is 4.74 Å². The molecule has 0 saturated carbocycles. The molecule has 0 bridgehead atoms. The van der Waals surface area contributed by atoms with Crippen LogP contribution in [-0.4, -0.2) is 46.6 Å². The highest BCUT2D eigenvalue weighted by Gasteiger charge is 2.18. The second-order valence-corrected chi connectivity index (χ2v) is 7.95. The number of thioether (sulfide) groups is 1. The zero-order valence-corrected chi connectivity index (χ0v) is 16.4. The molecule has 8 heteroatoms. The number of aryl methyl sites for hydroxylation is 1. The summed E-state index contributed by atoms with van der Waals surface area (Å²) in [7, 11) is 1.66. The van der Waals surface area contributed by atoms with Crippen molar-refractivity contribution in [1.29, 1.82) is 0 Å². The quantitative estimate of drug-likeness (QED) is 0.414. The molecule has 0 aliphatic heterocycles. The summed E-state index contributed by atoms with van der Waals surface area (Å²) in [4.78, 5) is 12.5. The molecular formula is C16H24N4O2S2. The highest BCUT2D eigenvalue weighted by Crippen LogP contribution is 2.27. The first-order valence-corrected chi connectivity index (χ1v) is 9.65. The molecule has 0 aliphatic carbocycles. The van der Waals surface area contributed by atoms with Crippen LogP contribution in [0.1, 0.15) is 41.6 Å². The van der Waals surface area contributed by atoms with E-state index >= 15 is 0 Å². The summed E-state index contributed by atoms with van der Waals surface area (Å²) in [5.41, 5.74) is 2.96. The van der Waals surface area contributed by atoms with Gasteiger partial charge in [-0.1, -0.05) is 23.1 Å². The lowest BCUT2D eigenvalue weighted by Gasteiger charge is -2.13. The lowest BCUT2D eigenvalue weighted by Crippen LogP contribution is -2.08. The number of ketones is 1. The molecule has 24 heavy (non-hydrogen) atoms. The van der Waals surface area contributed by atoms with Crippen LogP contribution in [0, 0.1) is 13.8 Å². The first kappa shape index (κ1) is 19.0. The fourth-order valence-corrected chi connectivity index (χ4v) is 4.32. The number of Topliss-reactive ketones (excluding diaryl/α,β-unsaturated/α-hetero) is 1. The average molecular weight is 369 g/mol. The molecule has 2 heterocycles. The first-order chi connectivity index (χ1) is 11.4. The van der Waals surface area contributed by atoms with E-state index in [0.717, 1.165) is 26.4 Å². The molecular weight excluding hydrogens is 344 g/mol. The number of aromatic nitrogens is 3. The Bertz CT molecular complexity index is 694. The van der Waals surface area contributed by atoms with E-state index < -0.39 is 0 Å². The molecule has 6 nitrogen and oxygen atoms in total. The molecule has 0 aliphatic rings. The number of carbonyl (C=O) groups excluding carboxylic acids is 1. The molecule has 0 saturated heterocycles. The van der Waals surface area contributed by atoms with Gasteiger partial charge in [0, 0.05) is 36.6 Å². The van der Waals surface area contributed by atoms with E-state index in [0.29, 0.717) is 24.9 Å². The molecule has 2 rings (SSSR count). The highest BCUT2D eigenvalue weighted by atomic mass is 32.2. The molecule has 0 atom stereocenters. The van der Waals surface area contributed by atoms with Gasteiger partial charge < -0.3 is 14.6 Å². The summed E-state index contributed by atoms with van der Waals surface area (Å²) in [6.45, 7) is 9.61. The van der Waals surface area contributed by atoms with Crippen LogP contribution >= 0.6 is 23.1 Å². The summed E-state index contributed by atoms with van der Waals surface area (Å²) in [5.74, 6) is 0.499. The Kier molecular flexibility index (Phi) is 6.82. The minimum atomic E-state index is 0.129. The number of rotatable bonds is 9. The van der Waals surface area contributed by atoms with Crippen LogP contribution in [0.4, 0.5) is 5.13 Å². The minimum absolute atomic E-state index is 0.129. The van der Waals surface area contributed by atoms with E-state index in [2.05, 4.69) is 33.9 Å². The number of carbonyl (C=O) groups is 1. The Morgan fingerprint density at radius 3 is 2.79 bits per heavy atom. The monoisotopic (exact) mass is 368 g/mol. The molecule has 0 unspecified atom stereocenters. The summed E-state index contributed by atoms with van der Waals surface area (Å²) in [6, 6.07) is 2.33. The summed E-state index contributed by atoms with van der Waals surface area (Å²) >= 11 is 2.89. The van der Waals surface area contributed by atoms with Gasteiger partial charge in [0.25, 0.3) is 0 Å². The molecule has 0 spiro atoms. The largest absolute Gasteiger partial charge is 0.383 e. The van der Waals surface area contributed by atoms with Crippen LogP contribution in [0.25, 0.3) is 0 Å². The lowest BCUT2D eigenvalue weighted by molar-refractivity contribution is 0.102. The third kappa shape index (κ3) is 4.58. The van der Waals surface area contributed by atoms with Gasteiger partial charge in [-0.2, -0.15) is 0 Å². The van der Waals surface area contributed by atoms with Crippen LogP contribution in [0.3, 0.4) is 0 Å². The Balaban J connectivity index is 1.95. The Hall–Kier alpha value is -1.38. The molecule has 0 amide bonds. The molecule has 0 fully saturated rings. The fraction of sp³-hybridized carbons (Fsp3) is 0.562. The van der Waals surface area contributed by atoms with Gasteiger partial charge in [-0.25, -0.2) is 0 Å². The molecule has 2 aromatic rings. The molecule has 1 N–H and O–H groups in total. The Morgan fingerprint density at radius 2 is 2.17 bits per heavy atom. The van der Waals surface area contributed by atoms with E-state index in [1.54, 1.807) is 7.11 Å². The minimum Gasteiger partial charge on any atom is -0.383 e. The zero-order valence-electron chi connectivity index (χ0n) is 14.8.